The fourth-order valence-corrected chi connectivity index (χ4v) is 1.84. The number of halogens is 6. The molecule has 0 aliphatic carbocycles. The Morgan fingerprint density at radius 1 is 0.778 bits per heavy atom. The number of aryl methyl sites for hydroxylation is 1. The van der Waals surface area contributed by atoms with Crippen molar-refractivity contribution >= 4 is 11.9 Å². The Hall–Kier alpha value is -2.66. The molecule has 0 aliphatic rings. The summed E-state index contributed by atoms with van der Waals surface area (Å²) in [6, 6.07) is 0.715. The maximum absolute atomic E-state index is 12.8. The van der Waals surface area contributed by atoms with Gasteiger partial charge >= 0.3 is 12.4 Å². The molecule has 0 fully saturated rings. The molecular weight excluding hydrogens is 378 g/mol. The van der Waals surface area contributed by atoms with E-state index < -0.39 is 36.3 Å². The van der Waals surface area contributed by atoms with Crippen LogP contribution in [0.4, 0.5) is 38.2 Å². The monoisotopic (exact) mass is 394 g/mol. The average Bonchev–Trinajstić information content (AvgIpc) is 2.52. The van der Waals surface area contributed by atoms with Gasteiger partial charge in [-0.2, -0.15) is 41.3 Å². The number of anilines is 2. The van der Waals surface area contributed by atoms with Crippen LogP contribution in [0.2, 0.25) is 0 Å². The highest BCUT2D eigenvalue weighted by molar-refractivity contribution is 5.54. The van der Waals surface area contributed by atoms with Crippen LogP contribution in [0.5, 0.6) is 0 Å². The van der Waals surface area contributed by atoms with Gasteiger partial charge in [-0.15, -0.1) is 0 Å². The van der Waals surface area contributed by atoms with Crippen molar-refractivity contribution in [1.29, 1.82) is 0 Å². The number of hydrogen-bond acceptors (Lipinski definition) is 6. The standard InChI is InChI=1S/C15H16F6N6/c1-7-5-4-6-10(22-7)11-25-12(23-8(2)14(16,17)18)27-13(26-11)24-9(3)15(19,20)21/h4-6,8-9H,1-3H3,(H2,23,24,25,26,27). The van der Waals surface area contributed by atoms with Crippen molar-refractivity contribution in [3.63, 3.8) is 0 Å². The van der Waals surface area contributed by atoms with Crippen molar-refractivity contribution in [2.24, 2.45) is 0 Å². The van der Waals surface area contributed by atoms with E-state index in [1.54, 1.807) is 19.1 Å². The fraction of sp³-hybridized carbons (Fsp3) is 0.467. The highest BCUT2D eigenvalue weighted by Gasteiger charge is 2.38. The third-order valence-electron chi connectivity index (χ3n) is 3.43. The van der Waals surface area contributed by atoms with Gasteiger partial charge in [-0.05, 0) is 32.9 Å². The predicted octanol–water partition coefficient (Wildman–Crippen LogP) is 3.97. The predicted molar refractivity (Wildman–Crippen MR) is 86.1 cm³/mol. The Kier molecular flexibility index (Phi) is 5.76. The number of nitrogens with zero attached hydrogens (tertiary/aromatic N) is 4. The Morgan fingerprint density at radius 3 is 1.67 bits per heavy atom. The molecule has 2 rings (SSSR count). The van der Waals surface area contributed by atoms with E-state index in [1.165, 1.54) is 6.07 Å². The number of rotatable bonds is 5. The van der Waals surface area contributed by atoms with E-state index in [0.717, 1.165) is 13.8 Å². The zero-order valence-corrected chi connectivity index (χ0v) is 14.4. The highest BCUT2D eigenvalue weighted by Crippen LogP contribution is 2.25. The van der Waals surface area contributed by atoms with Crippen molar-refractivity contribution in [1.82, 2.24) is 19.9 Å². The molecule has 2 atom stereocenters. The Labute approximate surface area is 150 Å². The summed E-state index contributed by atoms with van der Waals surface area (Å²) in [6.07, 6.45) is -9.19. The lowest BCUT2D eigenvalue weighted by Gasteiger charge is -2.20. The first-order valence-corrected chi connectivity index (χ1v) is 7.73. The van der Waals surface area contributed by atoms with Gasteiger partial charge in [0.05, 0.1) is 0 Å². The Bertz CT molecular complexity index is 751. The molecule has 0 bridgehead atoms. The summed E-state index contributed by atoms with van der Waals surface area (Å²) in [7, 11) is 0. The molecule has 0 radical (unpaired) electrons. The zero-order chi connectivity index (χ0) is 20.4. The lowest BCUT2D eigenvalue weighted by atomic mass is 10.3. The molecule has 2 aromatic heterocycles. The van der Waals surface area contributed by atoms with E-state index in [2.05, 4.69) is 19.9 Å². The quantitative estimate of drug-likeness (QED) is 0.748. The molecule has 0 saturated heterocycles. The van der Waals surface area contributed by atoms with Gasteiger partial charge in [0, 0.05) is 5.69 Å². The molecule has 2 unspecified atom stereocenters. The zero-order valence-electron chi connectivity index (χ0n) is 14.4. The van der Waals surface area contributed by atoms with Crippen molar-refractivity contribution in [2.45, 2.75) is 45.2 Å². The van der Waals surface area contributed by atoms with Gasteiger partial charge in [0.25, 0.3) is 0 Å². The highest BCUT2D eigenvalue weighted by atomic mass is 19.4. The summed E-state index contributed by atoms with van der Waals surface area (Å²) >= 11 is 0. The SMILES string of the molecule is Cc1cccc(-c2nc(NC(C)C(F)(F)F)nc(NC(C)C(F)(F)F)n2)n1. The Balaban J connectivity index is 2.44. The van der Waals surface area contributed by atoms with E-state index in [4.69, 9.17) is 0 Å². The number of aromatic nitrogens is 4. The van der Waals surface area contributed by atoms with Crippen LogP contribution in [0.1, 0.15) is 19.5 Å². The van der Waals surface area contributed by atoms with Crippen LogP contribution in [0.3, 0.4) is 0 Å². The molecule has 6 nitrogen and oxygen atoms in total. The second-order valence-corrected chi connectivity index (χ2v) is 5.79. The van der Waals surface area contributed by atoms with E-state index in [0.29, 0.717) is 5.69 Å². The number of nitrogens with one attached hydrogen (secondary N) is 2. The van der Waals surface area contributed by atoms with Crippen LogP contribution >= 0.6 is 0 Å². The van der Waals surface area contributed by atoms with Crippen LogP contribution in [0, 0.1) is 6.92 Å². The summed E-state index contributed by atoms with van der Waals surface area (Å²) in [6.45, 7) is 3.33. The molecule has 27 heavy (non-hydrogen) atoms. The van der Waals surface area contributed by atoms with E-state index in [-0.39, 0.29) is 11.5 Å². The molecular formula is C15H16F6N6. The van der Waals surface area contributed by atoms with Gasteiger partial charge in [0.2, 0.25) is 11.9 Å². The molecule has 0 aliphatic heterocycles. The van der Waals surface area contributed by atoms with Gasteiger partial charge in [0.1, 0.15) is 17.8 Å². The normalized spacial score (nSPS) is 14.6. The van der Waals surface area contributed by atoms with Crippen molar-refractivity contribution in [3.05, 3.63) is 23.9 Å². The summed E-state index contributed by atoms with van der Waals surface area (Å²) in [4.78, 5) is 15.4. The largest absolute Gasteiger partial charge is 0.408 e. The summed E-state index contributed by atoms with van der Waals surface area (Å²) in [5.74, 6) is -1.21. The molecule has 148 valence electrons. The first-order valence-electron chi connectivity index (χ1n) is 7.73. The van der Waals surface area contributed by atoms with Crippen LogP contribution in [0.15, 0.2) is 18.2 Å². The minimum atomic E-state index is -4.60. The topological polar surface area (TPSA) is 75.6 Å². The fourth-order valence-electron chi connectivity index (χ4n) is 1.84. The number of hydrogen-bond donors (Lipinski definition) is 2. The molecule has 0 spiro atoms. The number of alkyl halides is 6. The van der Waals surface area contributed by atoms with Crippen LogP contribution in [0.25, 0.3) is 11.5 Å². The third-order valence-corrected chi connectivity index (χ3v) is 3.43. The van der Waals surface area contributed by atoms with Crippen molar-refractivity contribution < 1.29 is 26.3 Å². The molecule has 0 amide bonds. The molecule has 2 aromatic rings. The third kappa shape index (κ3) is 5.66. The second kappa shape index (κ2) is 7.53. The van der Waals surface area contributed by atoms with Crippen LogP contribution in [-0.2, 0) is 0 Å². The maximum atomic E-state index is 12.8. The second-order valence-electron chi connectivity index (χ2n) is 5.79. The van der Waals surface area contributed by atoms with Gasteiger partial charge < -0.3 is 10.6 Å². The van der Waals surface area contributed by atoms with Crippen LogP contribution in [-0.4, -0.2) is 44.4 Å². The molecule has 2 heterocycles. The van der Waals surface area contributed by atoms with Gasteiger partial charge in [-0.1, -0.05) is 6.07 Å². The smallest absolute Gasteiger partial charge is 0.343 e. The van der Waals surface area contributed by atoms with Gasteiger partial charge in [0.15, 0.2) is 5.82 Å². The van der Waals surface area contributed by atoms with Crippen LogP contribution < -0.4 is 10.6 Å². The minimum Gasteiger partial charge on any atom is -0.343 e. The first kappa shape index (κ1) is 20.6. The average molecular weight is 394 g/mol. The molecule has 2 N–H and O–H groups in total. The maximum Gasteiger partial charge on any atom is 0.408 e. The summed E-state index contributed by atoms with van der Waals surface area (Å²) in [5.41, 5.74) is 0.757. The molecule has 0 saturated carbocycles. The summed E-state index contributed by atoms with van der Waals surface area (Å²) < 4.78 is 76.6. The van der Waals surface area contributed by atoms with Crippen molar-refractivity contribution in [3.8, 4) is 11.5 Å². The number of pyridine rings is 1. The molecule has 0 aromatic carbocycles. The van der Waals surface area contributed by atoms with E-state index in [9.17, 15) is 26.3 Å². The van der Waals surface area contributed by atoms with E-state index in [1.807, 2.05) is 10.6 Å². The molecule has 12 heteroatoms. The van der Waals surface area contributed by atoms with E-state index >= 15 is 0 Å². The summed E-state index contributed by atoms with van der Waals surface area (Å²) in [5, 5.41) is 4.05. The lowest BCUT2D eigenvalue weighted by Crippen LogP contribution is -2.35. The van der Waals surface area contributed by atoms with Gasteiger partial charge in [-0.25, -0.2) is 4.98 Å². The first-order chi connectivity index (χ1) is 12.4. The van der Waals surface area contributed by atoms with Gasteiger partial charge in [-0.3, -0.25) is 0 Å². The van der Waals surface area contributed by atoms with Crippen molar-refractivity contribution in [2.75, 3.05) is 10.6 Å². The minimum absolute atomic E-state index is 0.164. The lowest BCUT2D eigenvalue weighted by molar-refractivity contribution is -0.139. The Morgan fingerprint density at radius 2 is 1.26 bits per heavy atom.